The summed E-state index contributed by atoms with van der Waals surface area (Å²) in [6.07, 6.45) is 2.50. The fourth-order valence-electron chi connectivity index (χ4n) is 3.81. The summed E-state index contributed by atoms with van der Waals surface area (Å²) in [7, 11) is 1.75. The average Bonchev–Trinajstić information content (AvgIpc) is 3.22. The van der Waals surface area contributed by atoms with E-state index in [1.54, 1.807) is 22.9 Å². The normalized spacial score (nSPS) is 13.9. The van der Waals surface area contributed by atoms with Crippen LogP contribution in [0.3, 0.4) is 0 Å². The first-order valence-corrected chi connectivity index (χ1v) is 10.8. The lowest BCUT2D eigenvalue weighted by atomic mass is 10.1. The van der Waals surface area contributed by atoms with Crippen molar-refractivity contribution in [3.05, 3.63) is 59.4 Å². The van der Waals surface area contributed by atoms with Gasteiger partial charge in [0.25, 0.3) is 11.8 Å². The number of pyridine rings is 1. The van der Waals surface area contributed by atoms with E-state index < -0.39 is 0 Å². The molecule has 0 spiro atoms. The number of rotatable bonds is 6. The number of fused-ring (bicyclic) bond motifs is 1. The lowest BCUT2D eigenvalue weighted by molar-refractivity contribution is -0.137. The molecule has 1 saturated heterocycles. The lowest BCUT2D eigenvalue weighted by Crippen LogP contribution is -2.43. The zero-order valence-electron chi connectivity index (χ0n) is 18.7. The number of anilines is 1. The number of ether oxygens (including phenoxy) is 2. The number of carbonyl (C=O) groups excluding carboxylic acids is 2. The Balaban J connectivity index is 1.60. The predicted octanol–water partition coefficient (Wildman–Crippen LogP) is 2.72. The van der Waals surface area contributed by atoms with Crippen molar-refractivity contribution in [3.8, 4) is 5.75 Å². The van der Waals surface area contributed by atoms with Crippen LogP contribution < -0.4 is 9.64 Å². The zero-order chi connectivity index (χ0) is 22.7. The Hall–Kier alpha value is -3.39. The molecule has 0 radical (unpaired) electrons. The van der Waals surface area contributed by atoms with Gasteiger partial charge in [-0.3, -0.25) is 18.9 Å². The molecule has 1 fully saturated rings. The molecule has 168 valence electrons. The van der Waals surface area contributed by atoms with Crippen molar-refractivity contribution in [2.24, 2.45) is 0 Å². The first kappa shape index (κ1) is 21.8. The third-order valence-electron chi connectivity index (χ3n) is 5.63. The van der Waals surface area contributed by atoms with Gasteiger partial charge in [-0.1, -0.05) is 24.6 Å². The molecule has 8 nitrogen and oxygen atoms in total. The Morgan fingerprint density at radius 2 is 1.88 bits per heavy atom. The van der Waals surface area contributed by atoms with Crippen LogP contribution in [0.15, 0.2) is 42.6 Å². The summed E-state index contributed by atoms with van der Waals surface area (Å²) in [4.78, 5) is 33.7. The van der Waals surface area contributed by atoms with Gasteiger partial charge in [0.05, 0.1) is 18.9 Å². The number of morpholine rings is 1. The van der Waals surface area contributed by atoms with Crippen LogP contribution in [-0.4, -0.2) is 66.1 Å². The molecule has 32 heavy (non-hydrogen) atoms. The maximum atomic E-state index is 13.1. The number of benzene rings is 1. The van der Waals surface area contributed by atoms with Crippen LogP contribution in [0.1, 0.15) is 28.5 Å². The van der Waals surface area contributed by atoms with Gasteiger partial charge in [0.15, 0.2) is 18.0 Å². The second-order valence-corrected chi connectivity index (χ2v) is 7.81. The molecule has 1 aromatic carbocycles. The minimum atomic E-state index is -0.115. The zero-order valence-corrected chi connectivity index (χ0v) is 18.7. The predicted molar refractivity (Wildman–Crippen MR) is 121 cm³/mol. The highest BCUT2D eigenvalue weighted by Gasteiger charge is 2.23. The van der Waals surface area contributed by atoms with Crippen molar-refractivity contribution in [2.45, 2.75) is 20.3 Å². The number of nitrogens with zero attached hydrogens (tertiary/aromatic N) is 4. The molecule has 0 unspecified atom stereocenters. The van der Waals surface area contributed by atoms with Gasteiger partial charge < -0.3 is 14.4 Å². The molecule has 0 saturated carbocycles. The summed E-state index contributed by atoms with van der Waals surface area (Å²) < 4.78 is 13.0. The topological polar surface area (TPSA) is 76.4 Å². The lowest BCUT2D eigenvalue weighted by Gasteiger charge is -2.26. The Kier molecular flexibility index (Phi) is 6.41. The molecular weight excluding hydrogens is 408 g/mol. The number of amides is 2. The Bertz CT molecular complexity index is 1120. The van der Waals surface area contributed by atoms with Gasteiger partial charge in [0.1, 0.15) is 5.82 Å². The van der Waals surface area contributed by atoms with E-state index in [-0.39, 0.29) is 18.4 Å². The summed E-state index contributed by atoms with van der Waals surface area (Å²) in [6.45, 7) is 6.16. The molecule has 1 aliphatic heterocycles. The summed E-state index contributed by atoms with van der Waals surface area (Å²) in [5, 5.41) is 0. The fraction of sp³-hybridized carbons (Fsp3) is 0.375. The molecule has 8 heteroatoms. The number of hydrogen-bond acceptors (Lipinski definition) is 5. The van der Waals surface area contributed by atoms with Gasteiger partial charge in [-0.2, -0.15) is 0 Å². The van der Waals surface area contributed by atoms with Gasteiger partial charge in [-0.15, -0.1) is 0 Å². The fourth-order valence-corrected chi connectivity index (χ4v) is 3.81. The SMILES string of the molecule is CCc1nc2c(OCC(=O)N3CCOCC3)cccn2c1N(C)C(=O)c1ccc(C)cc1. The molecule has 0 N–H and O–H groups in total. The van der Waals surface area contributed by atoms with E-state index in [1.807, 2.05) is 54.8 Å². The largest absolute Gasteiger partial charge is 0.480 e. The van der Waals surface area contributed by atoms with Gasteiger partial charge in [0, 0.05) is 31.9 Å². The standard InChI is InChI=1S/C24H28N4O4/c1-4-19-23(26(3)24(30)18-9-7-17(2)8-10-18)28-11-5-6-20(22(28)25-19)32-16-21(29)27-12-14-31-15-13-27/h5-11H,4,12-16H2,1-3H3. The monoisotopic (exact) mass is 436 g/mol. The molecule has 1 aliphatic rings. The quantitative estimate of drug-likeness (QED) is 0.594. The van der Waals surface area contributed by atoms with E-state index in [9.17, 15) is 9.59 Å². The molecule has 3 heterocycles. The maximum Gasteiger partial charge on any atom is 0.260 e. The van der Waals surface area contributed by atoms with Crippen molar-refractivity contribution in [3.63, 3.8) is 0 Å². The molecule has 2 aromatic heterocycles. The van der Waals surface area contributed by atoms with Gasteiger partial charge in [-0.05, 0) is 37.6 Å². The average molecular weight is 437 g/mol. The molecule has 0 aliphatic carbocycles. The molecule has 0 atom stereocenters. The van der Waals surface area contributed by atoms with Crippen LogP contribution >= 0.6 is 0 Å². The minimum absolute atomic E-state index is 0.0680. The summed E-state index contributed by atoms with van der Waals surface area (Å²) in [5.41, 5.74) is 3.07. The second-order valence-electron chi connectivity index (χ2n) is 7.81. The Morgan fingerprint density at radius 1 is 1.16 bits per heavy atom. The number of hydrogen-bond donors (Lipinski definition) is 0. The summed E-state index contributed by atoms with van der Waals surface area (Å²) >= 11 is 0. The highest BCUT2D eigenvalue weighted by atomic mass is 16.5. The smallest absolute Gasteiger partial charge is 0.260 e. The van der Waals surface area contributed by atoms with Crippen LogP contribution in [0, 0.1) is 6.92 Å². The highest BCUT2D eigenvalue weighted by Crippen LogP contribution is 2.29. The van der Waals surface area contributed by atoms with Crippen molar-refractivity contribution in [1.29, 1.82) is 0 Å². The van der Waals surface area contributed by atoms with Crippen LogP contribution in [0.4, 0.5) is 5.82 Å². The van der Waals surface area contributed by atoms with Crippen molar-refractivity contribution in [2.75, 3.05) is 44.9 Å². The van der Waals surface area contributed by atoms with Gasteiger partial charge in [0.2, 0.25) is 0 Å². The summed E-state index contributed by atoms with van der Waals surface area (Å²) in [6, 6.07) is 11.1. The van der Waals surface area contributed by atoms with E-state index >= 15 is 0 Å². The Morgan fingerprint density at radius 3 is 2.56 bits per heavy atom. The van der Waals surface area contributed by atoms with Crippen LogP contribution in [0.25, 0.3) is 5.65 Å². The van der Waals surface area contributed by atoms with Crippen molar-refractivity contribution < 1.29 is 19.1 Å². The van der Waals surface area contributed by atoms with Crippen molar-refractivity contribution >= 4 is 23.3 Å². The molecule has 4 rings (SSSR count). The van der Waals surface area contributed by atoms with E-state index in [1.165, 1.54) is 0 Å². The molecule has 2 amide bonds. The van der Waals surface area contributed by atoms with Crippen molar-refractivity contribution in [1.82, 2.24) is 14.3 Å². The number of aryl methyl sites for hydroxylation is 2. The van der Waals surface area contributed by atoms with Gasteiger partial charge >= 0.3 is 0 Å². The van der Waals surface area contributed by atoms with Crippen LogP contribution in [0.5, 0.6) is 5.75 Å². The molecular formula is C24H28N4O4. The van der Waals surface area contributed by atoms with Gasteiger partial charge in [-0.25, -0.2) is 4.98 Å². The maximum absolute atomic E-state index is 13.1. The first-order valence-electron chi connectivity index (χ1n) is 10.8. The highest BCUT2D eigenvalue weighted by molar-refractivity contribution is 6.05. The summed E-state index contributed by atoms with van der Waals surface area (Å²) in [5.74, 6) is 1.00. The van der Waals surface area contributed by atoms with E-state index in [4.69, 9.17) is 14.5 Å². The van der Waals surface area contributed by atoms with Crippen LogP contribution in [-0.2, 0) is 16.0 Å². The number of imidazole rings is 1. The van der Waals surface area contributed by atoms with E-state index in [0.717, 1.165) is 11.3 Å². The van der Waals surface area contributed by atoms with Crippen LogP contribution in [0.2, 0.25) is 0 Å². The number of carbonyl (C=O) groups is 2. The third kappa shape index (κ3) is 4.31. The second kappa shape index (κ2) is 9.40. The third-order valence-corrected chi connectivity index (χ3v) is 5.63. The minimum Gasteiger partial charge on any atom is -0.480 e. The van der Waals surface area contributed by atoms with E-state index in [2.05, 4.69) is 0 Å². The molecule has 0 bridgehead atoms. The van der Waals surface area contributed by atoms with E-state index in [0.29, 0.717) is 55.5 Å². The number of aromatic nitrogens is 2. The molecule has 3 aromatic rings. The first-order chi connectivity index (χ1) is 15.5. The Labute approximate surface area is 187 Å².